The number of nitrogens with one attached hydrogen (secondary N) is 1. The van der Waals surface area contributed by atoms with Gasteiger partial charge in [0.1, 0.15) is 5.82 Å². The van der Waals surface area contributed by atoms with Crippen LogP contribution in [-0.2, 0) is 0 Å². The van der Waals surface area contributed by atoms with Crippen LogP contribution >= 0.6 is 11.3 Å². The molecule has 0 fully saturated rings. The molecule has 0 aliphatic heterocycles. The molecule has 0 radical (unpaired) electrons. The first-order chi connectivity index (χ1) is 8.16. The zero-order chi connectivity index (χ0) is 12.3. The van der Waals surface area contributed by atoms with E-state index in [1.807, 2.05) is 23.9 Å². The number of hydrogen-bond donors (Lipinski definition) is 1. The van der Waals surface area contributed by atoms with Crippen LogP contribution < -0.4 is 5.32 Å². The van der Waals surface area contributed by atoms with Gasteiger partial charge in [-0.1, -0.05) is 12.1 Å². The van der Waals surface area contributed by atoms with E-state index in [1.54, 1.807) is 23.5 Å². The quantitative estimate of drug-likeness (QED) is 0.895. The summed E-state index contributed by atoms with van der Waals surface area (Å²) in [5.74, 6) is -0.197. The Hall–Kier alpha value is -1.26. The van der Waals surface area contributed by atoms with Crippen molar-refractivity contribution in [2.75, 3.05) is 0 Å². The summed E-state index contributed by atoms with van der Waals surface area (Å²) in [4.78, 5) is 4.26. The first-order valence-electron chi connectivity index (χ1n) is 5.56. The molecule has 0 bridgehead atoms. The fraction of sp³-hybridized carbons (Fsp3) is 0.308. The summed E-state index contributed by atoms with van der Waals surface area (Å²) in [6.45, 7) is 4.09. The Morgan fingerprint density at radius 1 is 1.29 bits per heavy atom. The molecule has 17 heavy (non-hydrogen) atoms. The zero-order valence-corrected chi connectivity index (χ0v) is 10.7. The summed E-state index contributed by atoms with van der Waals surface area (Å²) in [6, 6.07) is 6.94. The van der Waals surface area contributed by atoms with Crippen molar-refractivity contribution in [1.29, 1.82) is 0 Å². The predicted molar refractivity (Wildman–Crippen MR) is 68.5 cm³/mol. The second-order valence-corrected chi connectivity index (χ2v) is 4.80. The number of rotatable bonds is 4. The summed E-state index contributed by atoms with van der Waals surface area (Å²) in [5.41, 5.74) is 3.80. The lowest BCUT2D eigenvalue weighted by Crippen LogP contribution is -2.22. The van der Waals surface area contributed by atoms with Gasteiger partial charge in [-0.15, -0.1) is 11.3 Å². The summed E-state index contributed by atoms with van der Waals surface area (Å²) < 4.78 is 13.1. The number of nitrogens with zero attached hydrogens (tertiary/aromatic N) is 1. The minimum Gasteiger partial charge on any atom is -0.302 e. The highest BCUT2D eigenvalue weighted by Gasteiger charge is 2.12. The van der Waals surface area contributed by atoms with Crippen LogP contribution in [0.4, 0.5) is 4.39 Å². The highest BCUT2D eigenvalue weighted by molar-refractivity contribution is 7.07. The lowest BCUT2D eigenvalue weighted by atomic mass is 10.1. The largest absolute Gasteiger partial charge is 0.302 e. The summed E-state index contributed by atoms with van der Waals surface area (Å²) >= 11 is 1.58. The number of hydrogen-bond acceptors (Lipinski definition) is 3. The monoisotopic (exact) mass is 250 g/mol. The van der Waals surface area contributed by atoms with Crippen molar-refractivity contribution in [3.8, 4) is 0 Å². The van der Waals surface area contributed by atoms with Gasteiger partial charge in [0.05, 0.1) is 11.2 Å². The van der Waals surface area contributed by atoms with Crippen molar-refractivity contribution < 1.29 is 4.39 Å². The topological polar surface area (TPSA) is 24.9 Å². The van der Waals surface area contributed by atoms with Gasteiger partial charge in [0, 0.05) is 17.5 Å². The molecular formula is C13H15FN2S. The smallest absolute Gasteiger partial charge is 0.123 e. The SMILES string of the molecule is CC(NC(C)c1cscn1)c1cccc(F)c1. The molecule has 0 aliphatic carbocycles. The highest BCUT2D eigenvalue weighted by Crippen LogP contribution is 2.19. The third kappa shape index (κ3) is 3.11. The van der Waals surface area contributed by atoms with Crippen LogP contribution in [0.2, 0.25) is 0 Å². The van der Waals surface area contributed by atoms with Gasteiger partial charge in [0.15, 0.2) is 0 Å². The maximum atomic E-state index is 13.1. The minimum atomic E-state index is -0.197. The van der Waals surface area contributed by atoms with Crippen LogP contribution in [0.15, 0.2) is 35.2 Å². The Morgan fingerprint density at radius 2 is 2.12 bits per heavy atom. The van der Waals surface area contributed by atoms with Gasteiger partial charge in [-0.05, 0) is 31.5 Å². The maximum absolute atomic E-state index is 13.1. The molecule has 1 N–H and O–H groups in total. The third-order valence-corrected chi connectivity index (χ3v) is 3.35. The van der Waals surface area contributed by atoms with E-state index in [2.05, 4.69) is 17.2 Å². The lowest BCUT2D eigenvalue weighted by Gasteiger charge is -2.19. The number of aromatic nitrogens is 1. The van der Waals surface area contributed by atoms with Gasteiger partial charge < -0.3 is 5.32 Å². The van der Waals surface area contributed by atoms with Gasteiger partial charge in [0.2, 0.25) is 0 Å². The van der Waals surface area contributed by atoms with Crippen molar-refractivity contribution in [2.45, 2.75) is 25.9 Å². The van der Waals surface area contributed by atoms with E-state index in [9.17, 15) is 4.39 Å². The summed E-state index contributed by atoms with van der Waals surface area (Å²) in [5, 5.41) is 5.43. The average molecular weight is 250 g/mol. The van der Waals surface area contributed by atoms with E-state index in [-0.39, 0.29) is 17.9 Å². The second kappa shape index (κ2) is 5.38. The molecule has 0 saturated carbocycles. The number of halogens is 1. The molecular weight excluding hydrogens is 235 g/mol. The van der Waals surface area contributed by atoms with Gasteiger partial charge in [-0.3, -0.25) is 0 Å². The fourth-order valence-electron chi connectivity index (χ4n) is 1.77. The third-order valence-electron chi connectivity index (χ3n) is 2.74. The average Bonchev–Trinajstić information content (AvgIpc) is 2.82. The lowest BCUT2D eigenvalue weighted by molar-refractivity contribution is 0.485. The number of thiazole rings is 1. The molecule has 2 atom stereocenters. The first kappa shape index (κ1) is 12.2. The van der Waals surface area contributed by atoms with E-state index < -0.39 is 0 Å². The van der Waals surface area contributed by atoms with Crippen molar-refractivity contribution in [1.82, 2.24) is 10.3 Å². The molecule has 2 nitrogen and oxygen atoms in total. The van der Waals surface area contributed by atoms with E-state index in [4.69, 9.17) is 0 Å². The molecule has 1 aromatic heterocycles. The Morgan fingerprint density at radius 3 is 2.76 bits per heavy atom. The molecule has 1 aromatic carbocycles. The Balaban J connectivity index is 2.04. The van der Waals surface area contributed by atoms with E-state index in [0.717, 1.165) is 11.3 Å². The molecule has 0 spiro atoms. The van der Waals surface area contributed by atoms with Crippen molar-refractivity contribution in [3.63, 3.8) is 0 Å². The predicted octanol–water partition coefficient (Wildman–Crippen LogP) is 3.69. The van der Waals surface area contributed by atoms with Crippen LogP contribution in [-0.4, -0.2) is 4.98 Å². The van der Waals surface area contributed by atoms with Gasteiger partial charge in [-0.2, -0.15) is 0 Å². The van der Waals surface area contributed by atoms with Crippen LogP contribution in [0.25, 0.3) is 0 Å². The normalized spacial score (nSPS) is 14.5. The highest BCUT2D eigenvalue weighted by atomic mass is 32.1. The summed E-state index contributed by atoms with van der Waals surface area (Å²) in [7, 11) is 0. The fourth-order valence-corrected chi connectivity index (χ4v) is 2.42. The van der Waals surface area contributed by atoms with Crippen molar-refractivity contribution in [3.05, 3.63) is 52.2 Å². The van der Waals surface area contributed by atoms with Gasteiger partial charge >= 0.3 is 0 Å². The van der Waals surface area contributed by atoms with Crippen LogP contribution in [0.3, 0.4) is 0 Å². The van der Waals surface area contributed by atoms with E-state index in [0.29, 0.717) is 0 Å². The maximum Gasteiger partial charge on any atom is 0.123 e. The summed E-state index contributed by atoms with van der Waals surface area (Å²) in [6.07, 6.45) is 0. The molecule has 2 unspecified atom stereocenters. The van der Waals surface area contributed by atoms with Crippen LogP contribution in [0.5, 0.6) is 0 Å². The molecule has 2 rings (SSSR count). The van der Waals surface area contributed by atoms with E-state index >= 15 is 0 Å². The van der Waals surface area contributed by atoms with Gasteiger partial charge in [0.25, 0.3) is 0 Å². The molecule has 0 aliphatic rings. The molecule has 1 heterocycles. The Kier molecular flexibility index (Phi) is 3.86. The molecule has 2 aromatic rings. The Bertz CT molecular complexity index is 470. The van der Waals surface area contributed by atoms with Crippen molar-refractivity contribution in [2.24, 2.45) is 0 Å². The second-order valence-electron chi connectivity index (χ2n) is 4.08. The number of benzene rings is 1. The standard InChI is InChI=1S/C13H15FN2S/c1-9(11-4-3-5-12(14)6-11)16-10(2)13-7-17-8-15-13/h3-10,16H,1-2H3. The zero-order valence-electron chi connectivity index (χ0n) is 9.85. The minimum absolute atomic E-state index is 0.0994. The molecule has 0 saturated heterocycles. The van der Waals surface area contributed by atoms with Crippen LogP contribution in [0, 0.1) is 5.82 Å². The molecule has 0 amide bonds. The molecule has 4 heteroatoms. The first-order valence-corrected chi connectivity index (χ1v) is 6.50. The Labute approximate surface area is 105 Å². The van der Waals surface area contributed by atoms with Gasteiger partial charge in [-0.25, -0.2) is 9.37 Å². The van der Waals surface area contributed by atoms with E-state index in [1.165, 1.54) is 6.07 Å². The van der Waals surface area contributed by atoms with Crippen LogP contribution in [0.1, 0.15) is 37.2 Å². The molecule has 90 valence electrons. The van der Waals surface area contributed by atoms with Crippen molar-refractivity contribution >= 4 is 11.3 Å².